The van der Waals surface area contributed by atoms with Crippen LogP contribution >= 0.6 is 0 Å². The smallest absolute Gasteiger partial charge is 0.143 e. The topological polar surface area (TPSA) is 23.6 Å². The third kappa shape index (κ3) is 4.43. The molecule has 3 heteroatoms. The predicted octanol–water partition coefficient (Wildman–Crippen LogP) is 2.52. The molecule has 1 aromatic rings. The van der Waals surface area contributed by atoms with Gasteiger partial charge in [-0.2, -0.15) is 0 Å². The normalized spacial score (nSPS) is 17.6. The van der Waals surface area contributed by atoms with Gasteiger partial charge in [0.15, 0.2) is 0 Å². The molecule has 0 amide bonds. The maximum atomic E-state index is 11.1. The molecule has 0 bridgehead atoms. The number of carbonyl (C=O) groups excluding carboxylic acids is 1. The van der Waals surface area contributed by atoms with Gasteiger partial charge in [0.25, 0.3) is 0 Å². The van der Waals surface area contributed by atoms with Gasteiger partial charge in [-0.3, -0.25) is 14.6 Å². The first-order chi connectivity index (χ1) is 9.54. The van der Waals surface area contributed by atoms with Crippen LogP contribution in [0.3, 0.4) is 0 Å². The minimum absolute atomic E-state index is 0.266. The lowest BCUT2D eigenvalue weighted by Gasteiger charge is -2.34. The van der Waals surface area contributed by atoms with Crippen molar-refractivity contribution < 1.29 is 4.79 Å². The summed E-state index contributed by atoms with van der Waals surface area (Å²) in [5, 5.41) is 0. The fourth-order valence-corrected chi connectivity index (χ4v) is 2.69. The Morgan fingerprint density at radius 2 is 1.60 bits per heavy atom. The van der Waals surface area contributed by atoms with Crippen LogP contribution in [0.15, 0.2) is 24.3 Å². The molecule has 1 aromatic carbocycles. The van der Waals surface area contributed by atoms with E-state index in [1.807, 2.05) is 0 Å². The Bertz CT molecular complexity index is 431. The van der Waals surface area contributed by atoms with Crippen molar-refractivity contribution in [3.05, 3.63) is 35.4 Å². The summed E-state index contributed by atoms with van der Waals surface area (Å²) in [6.45, 7) is 11.9. The van der Waals surface area contributed by atoms with Crippen molar-refractivity contribution in [2.75, 3.05) is 32.7 Å². The Hall–Kier alpha value is -1.19. The highest BCUT2D eigenvalue weighted by Gasteiger charge is 2.17. The summed E-state index contributed by atoms with van der Waals surface area (Å²) in [4.78, 5) is 15.8. The van der Waals surface area contributed by atoms with Gasteiger partial charge < -0.3 is 0 Å². The largest absolute Gasteiger partial charge is 0.299 e. The number of rotatable bonds is 5. The average Bonchev–Trinajstić information content (AvgIpc) is 2.41. The van der Waals surface area contributed by atoms with Crippen molar-refractivity contribution in [1.29, 1.82) is 0 Å². The minimum Gasteiger partial charge on any atom is -0.299 e. The molecule has 0 unspecified atom stereocenters. The van der Waals surface area contributed by atoms with Gasteiger partial charge in [0, 0.05) is 32.7 Å². The lowest BCUT2D eigenvalue weighted by Crippen LogP contribution is -2.47. The highest BCUT2D eigenvalue weighted by atomic mass is 16.1. The summed E-state index contributed by atoms with van der Waals surface area (Å²) in [5.74, 6) is 0.863. The quantitative estimate of drug-likeness (QED) is 0.824. The van der Waals surface area contributed by atoms with E-state index in [-0.39, 0.29) is 5.78 Å². The molecule has 0 spiro atoms. The Labute approximate surface area is 122 Å². The average molecular weight is 274 g/mol. The fourth-order valence-electron chi connectivity index (χ4n) is 2.69. The van der Waals surface area contributed by atoms with Crippen molar-refractivity contribution >= 4 is 5.78 Å². The summed E-state index contributed by atoms with van der Waals surface area (Å²) in [7, 11) is 0. The van der Waals surface area contributed by atoms with E-state index in [1.165, 1.54) is 11.1 Å². The van der Waals surface area contributed by atoms with Gasteiger partial charge in [0.2, 0.25) is 0 Å². The van der Waals surface area contributed by atoms with E-state index in [1.54, 1.807) is 6.92 Å². The number of nitrogens with zero attached hydrogens (tertiary/aromatic N) is 2. The SMILES string of the molecule is CC(=O)CN1CCN(Cc2ccc(C(C)C)cc2)CC1. The van der Waals surface area contributed by atoms with Crippen molar-refractivity contribution in [2.24, 2.45) is 0 Å². The Kier molecular flexibility index (Phi) is 5.32. The zero-order chi connectivity index (χ0) is 14.5. The molecule has 1 fully saturated rings. The van der Waals surface area contributed by atoms with Crippen LogP contribution in [-0.4, -0.2) is 48.3 Å². The summed E-state index contributed by atoms with van der Waals surface area (Å²) in [6.07, 6.45) is 0. The van der Waals surface area contributed by atoms with E-state index in [0.717, 1.165) is 32.7 Å². The highest BCUT2D eigenvalue weighted by Crippen LogP contribution is 2.16. The van der Waals surface area contributed by atoms with Crippen LogP contribution in [0.1, 0.15) is 37.8 Å². The van der Waals surface area contributed by atoms with Crippen molar-refractivity contribution in [1.82, 2.24) is 9.80 Å². The molecule has 0 N–H and O–H groups in total. The lowest BCUT2D eigenvalue weighted by molar-refractivity contribution is -0.118. The molecule has 0 radical (unpaired) electrons. The zero-order valence-electron chi connectivity index (χ0n) is 12.9. The molecule has 20 heavy (non-hydrogen) atoms. The number of hydrogen-bond acceptors (Lipinski definition) is 3. The summed E-state index contributed by atoms with van der Waals surface area (Å²) >= 11 is 0. The minimum atomic E-state index is 0.266. The van der Waals surface area contributed by atoms with Crippen LogP contribution in [0.25, 0.3) is 0 Å². The van der Waals surface area contributed by atoms with Crippen molar-refractivity contribution in [2.45, 2.75) is 33.2 Å². The van der Waals surface area contributed by atoms with Gasteiger partial charge in [0.1, 0.15) is 5.78 Å². The van der Waals surface area contributed by atoms with E-state index in [9.17, 15) is 4.79 Å². The summed E-state index contributed by atoms with van der Waals surface area (Å²) in [5.41, 5.74) is 2.79. The Morgan fingerprint density at radius 1 is 1.05 bits per heavy atom. The number of piperazine rings is 1. The number of benzene rings is 1. The van der Waals surface area contributed by atoms with Crippen molar-refractivity contribution in [3.63, 3.8) is 0 Å². The molecule has 1 saturated heterocycles. The third-order valence-electron chi connectivity index (χ3n) is 3.96. The maximum Gasteiger partial charge on any atom is 0.143 e. The molecule has 3 nitrogen and oxygen atoms in total. The van der Waals surface area contributed by atoms with Crippen LogP contribution in [0.4, 0.5) is 0 Å². The van der Waals surface area contributed by atoms with Crippen LogP contribution in [0.2, 0.25) is 0 Å². The molecule has 0 aliphatic carbocycles. The first kappa shape index (κ1) is 15.2. The van der Waals surface area contributed by atoms with Crippen LogP contribution in [0, 0.1) is 0 Å². The second-order valence-electron chi connectivity index (χ2n) is 6.15. The van der Waals surface area contributed by atoms with E-state index in [0.29, 0.717) is 12.5 Å². The monoisotopic (exact) mass is 274 g/mol. The Morgan fingerprint density at radius 3 is 2.10 bits per heavy atom. The molecule has 2 rings (SSSR count). The molecular formula is C17H26N2O. The van der Waals surface area contributed by atoms with E-state index in [4.69, 9.17) is 0 Å². The van der Waals surface area contributed by atoms with Crippen LogP contribution < -0.4 is 0 Å². The second-order valence-corrected chi connectivity index (χ2v) is 6.15. The number of ketones is 1. The predicted molar refractivity (Wildman–Crippen MR) is 82.9 cm³/mol. The van der Waals surface area contributed by atoms with Gasteiger partial charge in [-0.05, 0) is 24.0 Å². The molecule has 0 aromatic heterocycles. The van der Waals surface area contributed by atoms with Crippen LogP contribution in [0.5, 0.6) is 0 Å². The first-order valence-electron chi connectivity index (χ1n) is 7.57. The molecular weight excluding hydrogens is 248 g/mol. The number of hydrogen-bond donors (Lipinski definition) is 0. The lowest BCUT2D eigenvalue weighted by atomic mass is 10.0. The van der Waals surface area contributed by atoms with Gasteiger partial charge in [0.05, 0.1) is 6.54 Å². The molecule has 110 valence electrons. The summed E-state index contributed by atoms with van der Waals surface area (Å²) < 4.78 is 0. The molecule has 1 heterocycles. The fraction of sp³-hybridized carbons (Fsp3) is 0.588. The zero-order valence-corrected chi connectivity index (χ0v) is 12.9. The number of carbonyl (C=O) groups is 1. The first-order valence-corrected chi connectivity index (χ1v) is 7.57. The van der Waals surface area contributed by atoms with E-state index >= 15 is 0 Å². The third-order valence-corrected chi connectivity index (χ3v) is 3.96. The Balaban J connectivity index is 1.81. The van der Waals surface area contributed by atoms with Crippen molar-refractivity contribution in [3.8, 4) is 0 Å². The molecule has 1 aliphatic heterocycles. The van der Waals surface area contributed by atoms with Gasteiger partial charge in [-0.25, -0.2) is 0 Å². The van der Waals surface area contributed by atoms with Gasteiger partial charge in [-0.1, -0.05) is 38.1 Å². The van der Waals surface area contributed by atoms with E-state index in [2.05, 4.69) is 47.9 Å². The van der Waals surface area contributed by atoms with Gasteiger partial charge >= 0.3 is 0 Å². The molecule has 0 atom stereocenters. The maximum absolute atomic E-state index is 11.1. The highest BCUT2D eigenvalue weighted by molar-refractivity contribution is 5.77. The standard InChI is InChI=1S/C17H26N2O/c1-14(2)17-6-4-16(5-7-17)13-19-10-8-18(9-11-19)12-15(3)20/h4-7,14H,8-13H2,1-3H3. The van der Waals surface area contributed by atoms with Crippen LogP contribution in [-0.2, 0) is 11.3 Å². The number of Topliss-reactive ketones (excluding diaryl/α,β-unsaturated/α-hetero) is 1. The van der Waals surface area contributed by atoms with E-state index < -0.39 is 0 Å². The molecule has 0 saturated carbocycles. The summed E-state index contributed by atoms with van der Waals surface area (Å²) in [6, 6.07) is 8.98. The second kappa shape index (κ2) is 7.00. The van der Waals surface area contributed by atoms with Gasteiger partial charge in [-0.15, -0.1) is 0 Å². The molecule has 1 aliphatic rings.